The van der Waals surface area contributed by atoms with E-state index in [-0.39, 0.29) is 11.0 Å². The number of ether oxygens (including phenoxy) is 1. The highest BCUT2D eigenvalue weighted by atomic mass is 16.5. The predicted molar refractivity (Wildman–Crippen MR) is 66.9 cm³/mol. The summed E-state index contributed by atoms with van der Waals surface area (Å²) in [6.07, 6.45) is 2.39. The quantitative estimate of drug-likeness (QED) is 0.848. The second-order valence-electron chi connectivity index (χ2n) is 5.49. The Morgan fingerprint density at radius 2 is 1.94 bits per heavy atom. The van der Waals surface area contributed by atoms with Crippen molar-refractivity contribution in [3.63, 3.8) is 0 Å². The van der Waals surface area contributed by atoms with Gasteiger partial charge < -0.3 is 10.5 Å². The molecule has 0 amide bonds. The molecule has 1 aromatic carbocycles. The number of methoxy groups -OCH3 is 1. The minimum Gasteiger partial charge on any atom is -0.496 e. The van der Waals surface area contributed by atoms with Gasteiger partial charge in [0.15, 0.2) is 0 Å². The van der Waals surface area contributed by atoms with Crippen LogP contribution in [0, 0.1) is 6.92 Å². The zero-order valence-electron chi connectivity index (χ0n) is 10.6. The van der Waals surface area contributed by atoms with E-state index in [4.69, 9.17) is 10.5 Å². The second-order valence-corrected chi connectivity index (χ2v) is 5.49. The van der Waals surface area contributed by atoms with Crippen LogP contribution in [0.1, 0.15) is 37.8 Å². The van der Waals surface area contributed by atoms with Crippen LogP contribution in [0.4, 0.5) is 0 Å². The molecule has 2 N–H and O–H groups in total. The molecular formula is C14H21NO. The molecule has 1 fully saturated rings. The van der Waals surface area contributed by atoms with Gasteiger partial charge in [-0.1, -0.05) is 12.1 Å². The van der Waals surface area contributed by atoms with Crippen LogP contribution in [0.15, 0.2) is 18.2 Å². The summed E-state index contributed by atoms with van der Waals surface area (Å²) in [7, 11) is 1.71. The maximum Gasteiger partial charge on any atom is 0.121 e. The molecule has 0 saturated heterocycles. The number of nitrogens with two attached hydrogens (primary N) is 1. The van der Waals surface area contributed by atoms with E-state index in [9.17, 15) is 0 Å². The highest BCUT2D eigenvalue weighted by molar-refractivity contribution is 5.43. The molecular weight excluding hydrogens is 198 g/mol. The largest absolute Gasteiger partial charge is 0.496 e. The number of hydrogen-bond donors (Lipinski definition) is 1. The van der Waals surface area contributed by atoms with Crippen LogP contribution in [0.25, 0.3) is 0 Å². The normalized spacial score (nSPS) is 18.3. The Hall–Kier alpha value is -1.02. The van der Waals surface area contributed by atoms with E-state index < -0.39 is 0 Å². The zero-order chi connectivity index (χ0) is 12.0. The fourth-order valence-electron chi connectivity index (χ4n) is 2.61. The van der Waals surface area contributed by atoms with Gasteiger partial charge in [-0.25, -0.2) is 0 Å². The van der Waals surface area contributed by atoms with Gasteiger partial charge in [0.1, 0.15) is 5.75 Å². The molecule has 0 heterocycles. The van der Waals surface area contributed by atoms with Crippen molar-refractivity contribution in [2.45, 2.75) is 44.6 Å². The van der Waals surface area contributed by atoms with Gasteiger partial charge in [-0.2, -0.15) is 0 Å². The first-order chi connectivity index (χ1) is 7.40. The maximum atomic E-state index is 6.30. The number of benzene rings is 1. The highest BCUT2D eigenvalue weighted by Gasteiger charge is 2.53. The summed E-state index contributed by atoms with van der Waals surface area (Å²) in [5.41, 5.74) is 8.89. The zero-order valence-corrected chi connectivity index (χ0v) is 10.6. The first-order valence-corrected chi connectivity index (χ1v) is 5.85. The maximum absolute atomic E-state index is 6.30. The third kappa shape index (κ3) is 1.61. The van der Waals surface area contributed by atoms with Gasteiger partial charge in [0.2, 0.25) is 0 Å². The number of rotatable bonds is 3. The van der Waals surface area contributed by atoms with E-state index in [1.165, 1.54) is 24.0 Å². The minimum atomic E-state index is -0.145. The van der Waals surface area contributed by atoms with Crippen LogP contribution < -0.4 is 10.5 Å². The van der Waals surface area contributed by atoms with Gasteiger partial charge in [-0.05, 0) is 50.8 Å². The Labute approximate surface area is 97.8 Å². The monoisotopic (exact) mass is 219 g/mol. The average Bonchev–Trinajstić information content (AvgIpc) is 2.97. The lowest BCUT2D eigenvalue weighted by Gasteiger charge is -2.31. The smallest absolute Gasteiger partial charge is 0.121 e. The summed E-state index contributed by atoms with van der Waals surface area (Å²) < 4.78 is 5.29. The lowest BCUT2D eigenvalue weighted by atomic mass is 9.79. The molecule has 88 valence electrons. The molecule has 0 spiro atoms. The summed E-state index contributed by atoms with van der Waals surface area (Å²) in [6.45, 7) is 6.33. The van der Waals surface area contributed by atoms with Gasteiger partial charge in [0.05, 0.1) is 7.11 Å². The van der Waals surface area contributed by atoms with E-state index >= 15 is 0 Å². The summed E-state index contributed by atoms with van der Waals surface area (Å²) in [6, 6.07) is 6.43. The molecule has 1 saturated carbocycles. The second kappa shape index (κ2) is 3.49. The van der Waals surface area contributed by atoms with Crippen molar-refractivity contribution in [3.05, 3.63) is 29.3 Å². The van der Waals surface area contributed by atoms with Crippen molar-refractivity contribution in [2.75, 3.05) is 7.11 Å². The van der Waals surface area contributed by atoms with Crippen LogP contribution in [-0.4, -0.2) is 12.6 Å². The van der Waals surface area contributed by atoms with E-state index in [1.807, 2.05) is 0 Å². The molecule has 2 rings (SSSR count). The van der Waals surface area contributed by atoms with Crippen molar-refractivity contribution in [1.29, 1.82) is 0 Å². The molecule has 1 aliphatic rings. The van der Waals surface area contributed by atoms with Crippen molar-refractivity contribution < 1.29 is 4.74 Å². The van der Waals surface area contributed by atoms with Gasteiger partial charge in [0.25, 0.3) is 0 Å². The van der Waals surface area contributed by atoms with Crippen LogP contribution >= 0.6 is 0 Å². The van der Waals surface area contributed by atoms with E-state index in [1.54, 1.807) is 7.11 Å². The van der Waals surface area contributed by atoms with E-state index in [0.717, 1.165) is 5.75 Å². The summed E-state index contributed by atoms with van der Waals surface area (Å²) in [4.78, 5) is 0. The predicted octanol–water partition coefficient (Wildman–Crippen LogP) is 2.77. The fraction of sp³-hybridized carbons (Fsp3) is 0.571. The Kier molecular flexibility index (Phi) is 2.50. The summed E-state index contributed by atoms with van der Waals surface area (Å²) >= 11 is 0. The van der Waals surface area contributed by atoms with Gasteiger partial charge >= 0.3 is 0 Å². The van der Waals surface area contributed by atoms with E-state index in [0.29, 0.717) is 0 Å². The van der Waals surface area contributed by atoms with Crippen molar-refractivity contribution in [3.8, 4) is 5.75 Å². The van der Waals surface area contributed by atoms with Gasteiger partial charge in [0, 0.05) is 11.0 Å². The van der Waals surface area contributed by atoms with Gasteiger partial charge in [-0.15, -0.1) is 0 Å². The molecule has 2 heteroatoms. The molecule has 2 nitrogen and oxygen atoms in total. The first kappa shape index (κ1) is 11.5. The standard InChI is InChI=1S/C14H21NO/c1-10-9-11(5-6-12(10)16-4)14(7-8-14)13(2,3)15/h5-6,9H,7-8,15H2,1-4H3. The molecule has 1 aliphatic carbocycles. The van der Waals surface area contributed by atoms with Crippen LogP contribution in [0.3, 0.4) is 0 Å². The Morgan fingerprint density at radius 1 is 1.31 bits per heavy atom. The Bertz CT molecular complexity index is 400. The molecule has 0 unspecified atom stereocenters. The summed E-state index contributed by atoms with van der Waals surface area (Å²) in [5.74, 6) is 0.953. The van der Waals surface area contributed by atoms with Gasteiger partial charge in [-0.3, -0.25) is 0 Å². The Balaban J connectivity index is 2.39. The van der Waals surface area contributed by atoms with Crippen molar-refractivity contribution >= 4 is 0 Å². The first-order valence-electron chi connectivity index (χ1n) is 5.85. The molecule has 0 atom stereocenters. The molecule has 16 heavy (non-hydrogen) atoms. The topological polar surface area (TPSA) is 35.2 Å². The summed E-state index contributed by atoms with van der Waals surface area (Å²) in [5, 5.41) is 0. The third-order valence-corrected chi connectivity index (χ3v) is 3.93. The number of hydrogen-bond acceptors (Lipinski definition) is 2. The van der Waals surface area contributed by atoms with Crippen LogP contribution in [0.2, 0.25) is 0 Å². The van der Waals surface area contributed by atoms with Crippen LogP contribution in [-0.2, 0) is 5.41 Å². The lowest BCUT2D eigenvalue weighted by Crippen LogP contribution is -2.45. The fourth-order valence-corrected chi connectivity index (χ4v) is 2.61. The molecule has 0 aliphatic heterocycles. The SMILES string of the molecule is COc1ccc(C2(C(C)(C)N)CC2)cc1C. The third-order valence-electron chi connectivity index (χ3n) is 3.93. The Morgan fingerprint density at radius 3 is 2.31 bits per heavy atom. The average molecular weight is 219 g/mol. The van der Waals surface area contributed by atoms with Crippen molar-refractivity contribution in [2.24, 2.45) is 5.73 Å². The molecule has 0 aromatic heterocycles. The molecule has 0 bridgehead atoms. The molecule has 0 radical (unpaired) electrons. The van der Waals surface area contributed by atoms with Crippen LogP contribution in [0.5, 0.6) is 5.75 Å². The highest BCUT2D eigenvalue weighted by Crippen LogP contribution is 2.55. The number of aryl methyl sites for hydroxylation is 1. The van der Waals surface area contributed by atoms with E-state index in [2.05, 4.69) is 39.0 Å². The van der Waals surface area contributed by atoms with Crippen molar-refractivity contribution in [1.82, 2.24) is 0 Å². The lowest BCUT2D eigenvalue weighted by molar-refractivity contribution is 0.388. The molecule has 1 aromatic rings. The minimum absolute atomic E-state index is 0.145.